The maximum absolute atomic E-state index is 14.0. The van der Waals surface area contributed by atoms with E-state index in [0.29, 0.717) is 33.9 Å². The van der Waals surface area contributed by atoms with Crippen LogP contribution in [-0.2, 0) is 20.0 Å². The summed E-state index contributed by atoms with van der Waals surface area (Å²) in [5.74, 6) is -1.90. The number of nitrogens with zero attached hydrogens (tertiary/aromatic N) is 1. The van der Waals surface area contributed by atoms with Gasteiger partial charge >= 0.3 is 0 Å². The lowest BCUT2D eigenvalue weighted by Crippen LogP contribution is -2.46. The molecule has 2 heterocycles. The third-order valence-corrected chi connectivity index (χ3v) is 6.31. The molecule has 0 fully saturated rings. The summed E-state index contributed by atoms with van der Waals surface area (Å²) in [5, 5.41) is 7.11. The van der Waals surface area contributed by atoms with E-state index in [1.807, 2.05) is 19.1 Å². The number of methoxy groups -OCH3 is 1. The average Bonchev–Trinajstić information content (AvgIpc) is 3.41. The first-order valence-electron chi connectivity index (χ1n) is 11.2. The molecule has 0 unspecified atom stereocenters. The van der Waals surface area contributed by atoms with Gasteiger partial charge in [0.2, 0.25) is 0 Å². The number of ether oxygens (including phenoxy) is 2. The van der Waals surface area contributed by atoms with Crippen LogP contribution in [0.3, 0.4) is 0 Å². The molecule has 0 saturated heterocycles. The van der Waals surface area contributed by atoms with Crippen molar-refractivity contribution in [1.29, 1.82) is 0 Å². The van der Waals surface area contributed by atoms with Crippen molar-refractivity contribution in [3.63, 3.8) is 0 Å². The SMILES string of the molecule is COc1cc(C2=NO[C@@]3(C(=O)Nc4ccccc43)[C@@H]2C(=O)c2ccc(C)cc2)ccc1OCC(N)=O. The molecule has 3 N–H and O–H groups in total. The minimum Gasteiger partial charge on any atom is -0.493 e. The molecular weight excluding hydrogens is 462 g/mol. The van der Waals surface area contributed by atoms with Crippen LogP contribution < -0.4 is 20.5 Å². The zero-order valence-corrected chi connectivity index (χ0v) is 19.6. The Morgan fingerprint density at radius 3 is 2.56 bits per heavy atom. The number of nitrogens with two attached hydrogens (primary N) is 1. The number of hydrogen-bond acceptors (Lipinski definition) is 7. The largest absolute Gasteiger partial charge is 0.493 e. The lowest BCUT2D eigenvalue weighted by molar-refractivity contribution is -0.140. The predicted octanol–water partition coefficient (Wildman–Crippen LogP) is 2.95. The Balaban J connectivity index is 1.62. The number of benzene rings is 3. The number of para-hydroxylation sites is 1. The zero-order chi connectivity index (χ0) is 25.4. The molecule has 9 heteroatoms. The summed E-state index contributed by atoms with van der Waals surface area (Å²) in [6.45, 7) is 1.60. The van der Waals surface area contributed by atoms with Crippen molar-refractivity contribution in [1.82, 2.24) is 0 Å². The first kappa shape index (κ1) is 23.1. The van der Waals surface area contributed by atoms with E-state index in [0.717, 1.165) is 5.56 Å². The Morgan fingerprint density at radius 1 is 1.08 bits per heavy atom. The molecule has 5 rings (SSSR count). The van der Waals surface area contributed by atoms with Crippen LogP contribution >= 0.6 is 0 Å². The van der Waals surface area contributed by atoms with Gasteiger partial charge in [-0.3, -0.25) is 14.4 Å². The third kappa shape index (κ3) is 3.65. The topological polar surface area (TPSA) is 129 Å². The smallest absolute Gasteiger partial charge is 0.277 e. The zero-order valence-electron chi connectivity index (χ0n) is 19.6. The second-order valence-electron chi connectivity index (χ2n) is 8.59. The fourth-order valence-electron chi connectivity index (χ4n) is 4.56. The Labute approximate surface area is 206 Å². The lowest BCUT2D eigenvalue weighted by Gasteiger charge is -2.26. The molecule has 2 amide bonds. The molecule has 3 aromatic carbocycles. The number of ketones is 1. The van der Waals surface area contributed by atoms with Gasteiger partial charge in [0.1, 0.15) is 11.6 Å². The molecular formula is C27H23N3O6. The number of Topliss-reactive ketones (excluding diaryl/α,β-unsaturated/α-hetero) is 1. The van der Waals surface area contributed by atoms with Crippen molar-refractivity contribution < 1.29 is 28.7 Å². The highest BCUT2D eigenvalue weighted by atomic mass is 16.7. The molecule has 0 aliphatic carbocycles. The van der Waals surface area contributed by atoms with Crippen molar-refractivity contribution in [3.05, 3.63) is 89.0 Å². The quantitative estimate of drug-likeness (QED) is 0.495. The fourth-order valence-corrected chi connectivity index (χ4v) is 4.56. The number of oxime groups is 1. The van der Waals surface area contributed by atoms with Crippen molar-refractivity contribution in [2.24, 2.45) is 16.8 Å². The average molecular weight is 485 g/mol. The van der Waals surface area contributed by atoms with Gasteiger partial charge in [0.25, 0.3) is 17.4 Å². The van der Waals surface area contributed by atoms with Crippen LogP contribution in [0.25, 0.3) is 0 Å². The number of primary amides is 1. The molecule has 2 atom stereocenters. The Bertz CT molecular complexity index is 1420. The van der Waals surface area contributed by atoms with Gasteiger partial charge in [-0.2, -0.15) is 0 Å². The van der Waals surface area contributed by atoms with Gasteiger partial charge in [0.05, 0.1) is 7.11 Å². The van der Waals surface area contributed by atoms with Crippen molar-refractivity contribution >= 4 is 29.0 Å². The molecule has 3 aromatic rings. The lowest BCUT2D eigenvalue weighted by atomic mass is 9.74. The number of fused-ring (bicyclic) bond motifs is 2. The minimum absolute atomic E-state index is 0.271. The van der Waals surface area contributed by atoms with E-state index in [-0.39, 0.29) is 18.1 Å². The van der Waals surface area contributed by atoms with E-state index < -0.39 is 23.3 Å². The second kappa shape index (κ2) is 8.84. The van der Waals surface area contributed by atoms with E-state index in [4.69, 9.17) is 20.0 Å². The van der Waals surface area contributed by atoms with Gasteiger partial charge in [-0.05, 0) is 31.2 Å². The molecule has 1 spiro atoms. The number of amides is 2. The van der Waals surface area contributed by atoms with Crippen LogP contribution in [0.2, 0.25) is 0 Å². The number of rotatable bonds is 7. The summed E-state index contributed by atoms with van der Waals surface area (Å²) in [4.78, 5) is 44.5. The van der Waals surface area contributed by atoms with Gasteiger partial charge in [-0.25, -0.2) is 0 Å². The predicted molar refractivity (Wildman–Crippen MR) is 131 cm³/mol. The Hall–Kier alpha value is -4.66. The van der Waals surface area contributed by atoms with E-state index >= 15 is 0 Å². The van der Waals surface area contributed by atoms with Crippen molar-refractivity contribution in [2.75, 3.05) is 19.0 Å². The van der Waals surface area contributed by atoms with E-state index in [2.05, 4.69) is 10.5 Å². The van der Waals surface area contributed by atoms with Crippen LogP contribution in [0, 0.1) is 12.8 Å². The first-order valence-corrected chi connectivity index (χ1v) is 11.2. The third-order valence-electron chi connectivity index (χ3n) is 6.31. The molecule has 0 aromatic heterocycles. The Kier molecular flexibility index (Phi) is 5.68. The number of anilines is 1. The number of carbonyl (C=O) groups excluding carboxylic acids is 3. The van der Waals surface area contributed by atoms with E-state index in [1.54, 1.807) is 54.6 Å². The summed E-state index contributed by atoms with van der Waals surface area (Å²) in [7, 11) is 1.44. The first-order chi connectivity index (χ1) is 17.3. The van der Waals surface area contributed by atoms with Crippen LogP contribution in [0.1, 0.15) is 27.0 Å². The maximum atomic E-state index is 14.0. The summed E-state index contributed by atoms with van der Waals surface area (Å²) in [6, 6.07) is 19.1. The van der Waals surface area contributed by atoms with Crippen LogP contribution in [-0.4, -0.2) is 37.0 Å². The van der Waals surface area contributed by atoms with Crippen LogP contribution in [0.4, 0.5) is 5.69 Å². The van der Waals surface area contributed by atoms with Crippen LogP contribution in [0.15, 0.2) is 71.9 Å². The van der Waals surface area contributed by atoms with Crippen molar-refractivity contribution in [2.45, 2.75) is 12.5 Å². The molecule has 0 saturated carbocycles. The summed E-state index contributed by atoms with van der Waals surface area (Å²) in [5.41, 5.74) is 6.81. The van der Waals surface area contributed by atoms with Gasteiger partial charge in [0, 0.05) is 22.4 Å². The molecule has 182 valence electrons. The van der Waals surface area contributed by atoms with E-state index in [1.165, 1.54) is 7.11 Å². The Morgan fingerprint density at radius 2 is 1.83 bits per heavy atom. The molecule has 9 nitrogen and oxygen atoms in total. The highest BCUT2D eigenvalue weighted by Crippen LogP contribution is 2.50. The summed E-state index contributed by atoms with van der Waals surface area (Å²) < 4.78 is 10.8. The van der Waals surface area contributed by atoms with Gasteiger partial charge in [0.15, 0.2) is 23.9 Å². The highest BCUT2D eigenvalue weighted by molar-refractivity contribution is 6.24. The molecule has 0 bridgehead atoms. The normalized spacial score (nSPS) is 19.8. The van der Waals surface area contributed by atoms with Gasteiger partial charge in [-0.15, -0.1) is 0 Å². The molecule has 2 aliphatic rings. The van der Waals surface area contributed by atoms with Gasteiger partial charge in [-0.1, -0.05) is 53.2 Å². The number of nitrogens with one attached hydrogen (secondary N) is 1. The summed E-state index contributed by atoms with van der Waals surface area (Å²) in [6.07, 6.45) is 0. The number of aryl methyl sites for hydroxylation is 1. The monoisotopic (exact) mass is 485 g/mol. The van der Waals surface area contributed by atoms with Crippen LogP contribution in [0.5, 0.6) is 11.5 Å². The standard InChI is InChI=1S/C27H23N3O6/c1-15-7-9-16(10-8-15)25(32)23-24(17-11-12-20(21(13-17)34-2)35-14-22(28)31)30-36-27(23)18-5-3-4-6-19(18)29-26(27)33/h3-13,23H,14H2,1-2H3,(H2,28,31)(H,29,33)/t23-,27+/m0/s1. The minimum atomic E-state index is -1.66. The molecule has 0 radical (unpaired) electrons. The van der Waals surface area contributed by atoms with Gasteiger partial charge < -0.3 is 25.4 Å². The molecule has 2 aliphatic heterocycles. The summed E-state index contributed by atoms with van der Waals surface area (Å²) >= 11 is 0. The molecule has 36 heavy (non-hydrogen) atoms. The highest BCUT2D eigenvalue weighted by Gasteiger charge is 2.63. The van der Waals surface area contributed by atoms with E-state index in [9.17, 15) is 14.4 Å². The number of carbonyl (C=O) groups is 3. The fraction of sp³-hybridized carbons (Fsp3) is 0.185. The maximum Gasteiger partial charge on any atom is 0.277 e. The number of hydrogen-bond donors (Lipinski definition) is 2. The second-order valence-corrected chi connectivity index (χ2v) is 8.59. The van der Waals surface area contributed by atoms with Crippen molar-refractivity contribution in [3.8, 4) is 11.5 Å².